The number of carbonyl (C=O) groups excluding carboxylic acids is 2. The highest BCUT2D eigenvalue weighted by atomic mass is 16.6. The van der Waals surface area contributed by atoms with Gasteiger partial charge in [-0.05, 0) is 41.9 Å². The van der Waals surface area contributed by atoms with E-state index in [-0.39, 0.29) is 28.4 Å². The third-order valence-corrected chi connectivity index (χ3v) is 7.95. The van der Waals surface area contributed by atoms with E-state index in [4.69, 9.17) is 11.2 Å². The highest BCUT2D eigenvalue weighted by Gasteiger charge is 2.83. The van der Waals surface area contributed by atoms with Crippen molar-refractivity contribution in [1.82, 2.24) is 0 Å². The van der Waals surface area contributed by atoms with Gasteiger partial charge in [0.1, 0.15) is 0 Å². The van der Waals surface area contributed by atoms with Crippen LogP contribution >= 0.6 is 0 Å². The lowest BCUT2D eigenvalue weighted by molar-refractivity contribution is -0.171. The monoisotopic (exact) mass is 330 g/mol. The fourth-order valence-corrected chi connectivity index (χ4v) is 6.77. The maximum atomic E-state index is 12.8. The summed E-state index contributed by atoms with van der Waals surface area (Å²) in [6, 6.07) is 0. The Hall–Kier alpha value is -1.18. The number of aldehydes is 1. The van der Waals surface area contributed by atoms with E-state index in [1.807, 2.05) is 0 Å². The Balaban J connectivity index is 1.82. The van der Waals surface area contributed by atoms with Crippen LogP contribution in [0.2, 0.25) is 0 Å². The number of ether oxygens (including phenoxy) is 1. The molecule has 3 aliphatic carbocycles. The smallest absolute Gasteiger partial charge is 0.224 e. The Morgan fingerprint density at radius 1 is 1.33 bits per heavy atom. The molecule has 1 N–H and O–H groups in total. The number of carbonyl (C=O) groups is 2. The van der Waals surface area contributed by atoms with Gasteiger partial charge in [0.15, 0.2) is 17.7 Å². The van der Waals surface area contributed by atoms with Crippen LogP contribution in [0.4, 0.5) is 0 Å². The molecule has 0 aromatic carbocycles. The molecule has 24 heavy (non-hydrogen) atoms. The van der Waals surface area contributed by atoms with E-state index in [1.165, 1.54) is 0 Å². The van der Waals surface area contributed by atoms with Gasteiger partial charge in [0.05, 0.1) is 6.10 Å². The van der Waals surface area contributed by atoms with Crippen LogP contribution in [0.3, 0.4) is 0 Å². The topological polar surface area (TPSA) is 66.9 Å². The summed E-state index contributed by atoms with van der Waals surface area (Å²) in [7, 11) is 0. The van der Waals surface area contributed by atoms with Crippen LogP contribution in [0.15, 0.2) is 0 Å². The number of rotatable bonds is 1. The summed E-state index contributed by atoms with van der Waals surface area (Å²) in [6.45, 7) is 6.78. The van der Waals surface area contributed by atoms with Crippen LogP contribution < -0.4 is 0 Å². The van der Waals surface area contributed by atoms with Gasteiger partial charge in [0.25, 0.3) is 0 Å². The van der Waals surface area contributed by atoms with Crippen molar-refractivity contribution in [3.63, 3.8) is 0 Å². The number of ketones is 1. The van der Waals surface area contributed by atoms with E-state index in [2.05, 4.69) is 26.7 Å². The number of hydrogen-bond acceptors (Lipinski definition) is 4. The van der Waals surface area contributed by atoms with Gasteiger partial charge in [-0.1, -0.05) is 33.1 Å². The molecular formula is C20H26O4. The van der Waals surface area contributed by atoms with E-state index in [1.54, 1.807) is 0 Å². The summed E-state index contributed by atoms with van der Waals surface area (Å²) in [5.41, 5.74) is -2.67. The van der Waals surface area contributed by atoms with Crippen molar-refractivity contribution in [2.24, 2.45) is 28.6 Å². The summed E-state index contributed by atoms with van der Waals surface area (Å²) in [5, 5.41) is 11.0. The van der Waals surface area contributed by atoms with Crippen LogP contribution in [0.5, 0.6) is 0 Å². The zero-order valence-electron chi connectivity index (χ0n) is 14.7. The van der Waals surface area contributed by atoms with Crippen molar-refractivity contribution in [1.29, 1.82) is 0 Å². The minimum Gasteiger partial charge on any atom is -0.393 e. The standard InChI is InChI=1S/C20H26O4/c1-5-19-15(23)9-12-16(20(19,11-21)24-19)13(22)10-14-17(2,3)7-6-8-18(12,14)4/h1,11-14,16,22H,6-10H2,2-4H3. The molecule has 7 unspecified atom stereocenters. The maximum Gasteiger partial charge on any atom is 0.224 e. The molecule has 7 atom stereocenters. The molecule has 0 radical (unpaired) electrons. The molecule has 0 spiro atoms. The summed E-state index contributed by atoms with van der Waals surface area (Å²) in [4.78, 5) is 24.7. The van der Waals surface area contributed by atoms with Gasteiger partial charge in [-0.3, -0.25) is 9.59 Å². The largest absolute Gasteiger partial charge is 0.393 e. The third kappa shape index (κ3) is 1.59. The first-order chi connectivity index (χ1) is 11.2. The summed E-state index contributed by atoms with van der Waals surface area (Å²) in [6.07, 6.45) is 9.85. The molecule has 1 saturated heterocycles. The molecule has 4 rings (SSSR count). The molecule has 0 aromatic heterocycles. The number of hydrogen-bond donors (Lipinski definition) is 1. The van der Waals surface area contributed by atoms with Crippen molar-refractivity contribution in [3.05, 3.63) is 0 Å². The second-order valence-electron chi connectivity index (χ2n) is 9.30. The van der Waals surface area contributed by atoms with Gasteiger partial charge < -0.3 is 9.84 Å². The van der Waals surface area contributed by atoms with Crippen LogP contribution in [-0.4, -0.2) is 34.5 Å². The van der Waals surface area contributed by atoms with Crippen molar-refractivity contribution in [2.75, 3.05) is 0 Å². The molecule has 3 saturated carbocycles. The lowest BCUT2D eigenvalue weighted by Gasteiger charge is -2.61. The number of aliphatic hydroxyl groups excluding tert-OH is 1. The number of aliphatic hydroxyl groups is 1. The fourth-order valence-electron chi connectivity index (χ4n) is 6.77. The number of Topliss-reactive ketones (excluding diaryl/α,β-unsaturated/α-hetero) is 1. The van der Waals surface area contributed by atoms with Gasteiger partial charge in [0.2, 0.25) is 5.60 Å². The molecule has 4 fully saturated rings. The number of terminal acetylenes is 1. The van der Waals surface area contributed by atoms with Crippen molar-refractivity contribution in [3.8, 4) is 12.3 Å². The van der Waals surface area contributed by atoms with E-state index in [0.717, 1.165) is 19.3 Å². The Morgan fingerprint density at radius 2 is 2.04 bits per heavy atom. The summed E-state index contributed by atoms with van der Waals surface area (Å²) < 4.78 is 5.67. The molecule has 1 aliphatic heterocycles. The molecule has 0 bridgehead atoms. The van der Waals surface area contributed by atoms with E-state index < -0.39 is 17.3 Å². The van der Waals surface area contributed by atoms with E-state index in [0.29, 0.717) is 25.0 Å². The maximum absolute atomic E-state index is 12.8. The summed E-state index contributed by atoms with van der Waals surface area (Å²) in [5.74, 6) is 2.19. The molecule has 0 amide bonds. The molecule has 4 heteroatoms. The normalized spacial score (nSPS) is 54.7. The van der Waals surface area contributed by atoms with Gasteiger partial charge in [-0.2, -0.15) is 0 Å². The van der Waals surface area contributed by atoms with Crippen LogP contribution in [-0.2, 0) is 14.3 Å². The highest BCUT2D eigenvalue weighted by molar-refractivity contribution is 6.03. The predicted octanol–water partition coefficient (Wildman–Crippen LogP) is 2.13. The Bertz CT molecular complexity index is 661. The minimum absolute atomic E-state index is 0.0486. The number of epoxide rings is 1. The van der Waals surface area contributed by atoms with Crippen LogP contribution in [0.1, 0.15) is 52.9 Å². The highest BCUT2D eigenvalue weighted by Crippen LogP contribution is 2.70. The van der Waals surface area contributed by atoms with E-state index >= 15 is 0 Å². The van der Waals surface area contributed by atoms with E-state index in [9.17, 15) is 14.7 Å². The molecule has 130 valence electrons. The summed E-state index contributed by atoms with van der Waals surface area (Å²) >= 11 is 0. The van der Waals surface area contributed by atoms with Crippen molar-refractivity contribution < 1.29 is 19.4 Å². The van der Waals surface area contributed by atoms with Crippen LogP contribution in [0.25, 0.3) is 0 Å². The zero-order valence-corrected chi connectivity index (χ0v) is 14.7. The average Bonchev–Trinajstić information content (AvgIpc) is 3.21. The molecule has 4 nitrogen and oxygen atoms in total. The lowest BCUT2D eigenvalue weighted by Crippen LogP contribution is -2.63. The second kappa shape index (κ2) is 4.51. The van der Waals surface area contributed by atoms with Gasteiger partial charge in [-0.25, -0.2) is 0 Å². The fraction of sp³-hybridized carbons (Fsp3) is 0.800. The number of fused-ring (bicyclic) bond motifs is 5. The zero-order chi connectivity index (χ0) is 17.5. The van der Waals surface area contributed by atoms with Gasteiger partial charge in [-0.15, -0.1) is 6.42 Å². The first kappa shape index (κ1) is 16.3. The SMILES string of the molecule is C#CC12OC1(C=O)C1C(O)CC3C(C)(C)CCCC3(C)C1CC2=O. The lowest BCUT2D eigenvalue weighted by atomic mass is 9.42. The first-order valence-electron chi connectivity index (χ1n) is 9.04. The Morgan fingerprint density at radius 3 is 2.67 bits per heavy atom. The average molecular weight is 330 g/mol. The molecule has 0 aromatic rings. The van der Waals surface area contributed by atoms with Crippen LogP contribution in [0, 0.1) is 40.9 Å². The molecule has 4 aliphatic rings. The Labute approximate surface area is 143 Å². The third-order valence-electron chi connectivity index (χ3n) is 7.95. The second-order valence-corrected chi connectivity index (χ2v) is 9.30. The first-order valence-corrected chi connectivity index (χ1v) is 9.04. The van der Waals surface area contributed by atoms with Crippen molar-refractivity contribution in [2.45, 2.75) is 70.2 Å². The molecular weight excluding hydrogens is 304 g/mol. The van der Waals surface area contributed by atoms with Crippen molar-refractivity contribution >= 4 is 12.1 Å². The predicted molar refractivity (Wildman–Crippen MR) is 87.9 cm³/mol. The molecule has 1 heterocycles. The minimum atomic E-state index is -1.43. The van der Waals surface area contributed by atoms with Gasteiger partial charge >= 0.3 is 0 Å². The Kier molecular flexibility index (Phi) is 3.06. The quantitative estimate of drug-likeness (QED) is 0.454. The van der Waals surface area contributed by atoms with Gasteiger partial charge in [0, 0.05) is 12.3 Å².